The van der Waals surface area contributed by atoms with Gasteiger partial charge in [-0.15, -0.1) is 0 Å². The van der Waals surface area contributed by atoms with Crippen LogP contribution in [-0.2, 0) is 0 Å². The summed E-state index contributed by atoms with van der Waals surface area (Å²) in [4.78, 5) is 0. The largest absolute Gasteiger partial charge is 0.497 e. The van der Waals surface area contributed by atoms with Crippen molar-refractivity contribution in [2.45, 2.75) is 19.8 Å². The summed E-state index contributed by atoms with van der Waals surface area (Å²) >= 11 is 0. The average Bonchev–Trinajstić information content (AvgIpc) is 2.57. The molecule has 0 aliphatic carbocycles. The molecule has 0 aromatic heterocycles. The van der Waals surface area contributed by atoms with E-state index >= 15 is 0 Å². The van der Waals surface area contributed by atoms with Crippen molar-refractivity contribution in [2.24, 2.45) is 0 Å². The lowest BCUT2D eigenvalue weighted by Crippen LogP contribution is -2.07. The third-order valence-corrected chi connectivity index (χ3v) is 3.35. The van der Waals surface area contributed by atoms with Gasteiger partial charge in [-0.2, -0.15) is 8.78 Å². The number of benzene rings is 2. The van der Waals surface area contributed by atoms with E-state index in [-0.39, 0.29) is 12.2 Å². The quantitative estimate of drug-likeness (QED) is 0.417. The molecule has 0 heterocycles. The Labute approximate surface area is 131 Å². The molecule has 0 bridgehead atoms. The summed E-state index contributed by atoms with van der Waals surface area (Å²) in [7, 11) is 1.43. The molecule has 23 heavy (non-hydrogen) atoms. The van der Waals surface area contributed by atoms with Gasteiger partial charge >= 0.3 is 0 Å². The minimum atomic E-state index is -1.54. The lowest BCUT2D eigenvalue weighted by molar-refractivity contribution is 0.267. The summed E-state index contributed by atoms with van der Waals surface area (Å²) in [6.07, 6.45) is 1.24. The van der Waals surface area contributed by atoms with E-state index in [2.05, 4.69) is 0 Å². The Kier molecular flexibility index (Phi) is 5.47. The second kappa shape index (κ2) is 7.35. The predicted molar refractivity (Wildman–Crippen MR) is 78.7 cm³/mol. The van der Waals surface area contributed by atoms with E-state index in [1.54, 1.807) is 0 Å². The number of hydrogen-bond donors (Lipinski definition) is 0. The van der Waals surface area contributed by atoms with Gasteiger partial charge in [-0.25, -0.2) is 8.78 Å². The number of ether oxygens (including phenoxy) is 2. The highest BCUT2D eigenvalue weighted by molar-refractivity contribution is 5.67. The second-order valence-corrected chi connectivity index (χ2v) is 4.89. The van der Waals surface area contributed by atoms with Crippen LogP contribution in [0.3, 0.4) is 0 Å². The molecule has 0 amide bonds. The first-order valence-corrected chi connectivity index (χ1v) is 7.14. The topological polar surface area (TPSA) is 18.5 Å². The van der Waals surface area contributed by atoms with Crippen LogP contribution < -0.4 is 9.47 Å². The number of halogens is 4. The van der Waals surface area contributed by atoms with E-state index in [0.29, 0.717) is 12.2 Å². The molecule has 0 fully saturated rings. The highest BCUT2D eigenvalue weighted by atomic mass is 19.2. The zero-order chi connectivity index (χ0) is 17.0. The van der Waals surface area contributed by atoms with Gasteiger partial charge in [-0.05, 0) is 24.1 Å². The fraction of sp³-hybridized carbons (Fsp3) is 0.294. The van der Waals surface area contributed by atoms with Gasteiger partial charge in [-0.1, -0.05) is 25.5 Å². The molecule has 6 heteroatoms. The molecule has 0 atom stereocenters. The van der Waals surface area contributed by atoms with E-state index in [1.165, 1.54) is 31.4 Å². The molecule has 0 N–H and O–H groups in total. The molecule has 0 aliphatic rings. The van der Waals surface area contributed by atoms with Gasteiger partial charge in [0.15, 0.2) is 17.4 Å². The van der Waals surface area contributed by atoms with Crippen molar-refractivity contribution in [3.8, 4) is 22.6 Å². The van der Waals surface area contributed by atoms with Crippen molar-refractivity contribution in [3.63, 3.8) is 0 Å². The monoisotopic (exact) mass is 328 g/mol. The fourth-order valence-corrected chi connectivity index (χ4v) is 2.07. The first-order valence-electron chi connectivity index (χ1n) is 7.14. The van der Waals surface area contributed by atoms with Gasteiger partial charge in [0.25, 0.3) is 0 Å². The molecule has 124 valence electrons. The molecular formula is C17H16F4O2. The Morgan fingerprint density at radius 2 is 1.43 bits per heavy atom. The van der Waals surface area contributed by atoms with Gasteiger partial charge in [0.2, 0.25) is 11.6 Å². The first-order chi connectivity index (χ1) is 11.0. The molecule has 0 saturated heterocycles. The van der Waals surface area contributed by atoms with Gasteiger partial charge < -0.3 is 9.47 Å². The molecule has 0 saturated carbocycles. The number of hydrogen-bond acceptors (Lipinski definition) is 2. The molecule has 2 aromatic rings. The highest BCUT2D eigenvalue weighted by Gasteiger charge is 2.27. The normalized spacial score (nSPS) is 10.7. The number of unbranched alkanes of at least 4 members (excludes halogenated alkanes) is 1. The Morgan fingerprint density at radius 1 is 0.870 bits per heavy atom. The maximum absolute atomic E-state index is 14.2. The Balaban J connectivity index is 2.48. The smallest absolute Gasteiger partial charge is 0.204 e. The van der Waals surface area contributed by atoms with Crippen LogP contribution in [0.15, 0.2) is 24.3 Å². The SMILES string of the molecule is CCCCOc1c(F)c(F)c(-c2ccc(OC)cc2)c(F)c1F. The summed E-state index contributed by atoms with van der Waals surface area (Å²) in [5.74, 6) is -6.61. The van der Waals surface area contributed by atoms with E-state index in [9.17, 15) is 17.6 Å². The summed E-state index contributed by atoms with van der Waals surface area (Å²) in [6.45, 7) is 1.83. The summed E-state index contributed by atoms with van der Waals surface area (Å²) < 4.78 is 66.2. The molecule has 0 aliphatic heterocycles. The predicted octanol–water partition coefficient (Wildman–Crippen LogP) is 5.10. The van der Waals surface area contributed by atoms with Crippen LogP contribution >= 0.6 is 0 Å². The van der Waals surface area contributed by atoms with Crippen molar-refractivity contribution >= 4 is 0 Å². The molecule has 0 unspecified atom stereocenters. The van der Waals surface area contributed by atoms with E-state index in [0.717, 1.165) is 6.42 Å². The zero-order valence-electron chi connectivity index (χ0n) is 12.8. The number of methoxy groups -OCH3 is 1. The summed E-state index contributed by atoms with van der Waals surface area (Å²) in [6, 6.07) is 5.51. The van der Waals surface area contributed by atoms with Gasteiger partial charge in [0.05, 0.1) is 19.3 Å². The molecule has 2 rings (SSSR count). The van der Waals surface area contributed by atoms with Gasteiger partial charge in [0.1, 0.15) is 5.75 Å². The highest BCUT2D eigenvalue weighted by Crippen LogP contribution is 2.36. The summed E-state index contributed by atoms with van der Waals surface area (Å²) in [5, 5.41) is 0. The van der Waals surface area contributed by atoms with Crippen molar-refractivity contribution in [3.05, 3.63) is 47.5 Å². The molecule has 2 aromatic carbocycles. The molecule has 0 radical (unpaired) electrons. The van der Waals surface area contributed by atoms with Gasteiger partial charge in [0, 0.05) is 0 Å². The van der Waals surface area contributed by atoms with Crippen molar-refractivity contribution in [1.82, 2.24) is 0 Å². The van der Waals surface area contributed by atoms with E-state index < -0.39 is 34.6 Å². The molecule has 2 nitrogen and oxygen atoms in total. The van der Waals surface area contributed by atoms with Crippen LogP contribution in [0.2, 0.25) is 0 Å². The van der Waals surface area contributed by atoms with Crippen LogP contribution in [0.4, 0.5) is 17.6 Å². The van der Waals surface area contributed by atoms with Crippen molar-refractivity contribution in [2.75, 3.05) is 13.7 Å². The van der Waals surface area contributed by atoms with Crippen molar-refractivity contribution < 1.29 is 27.0 Å². The first kappa shape index (κ1) is 17.1. The van der Waals surface area contributed by atoms with Crippen LogP contribution in [0, 0.1) is 23.3 Å². The van der Waals surface area contributed by atoms with Crippen LogP contribution in [0.1, 0.15) is 19.8 Å². The standard InChI is InChI=1S/C17H16F4O2/c1-3-4-9-23-17-15(20)13(18)12(14(19)16(17)21)10-5-7-11(22-2)8-6-10/h5-8H,3-4,9H2,1-2H3. The number of rotatable bonds is 6. The third-order valence-electron chi connectivity index (χ3n) is 3.35. The third kappa shape index (κ3) is 3.41. The fourth-order valence-electron chi connectivity index (χ4n) is 2.07. The Hall–Kier alpha value is -2.24. The second-order valence-electron chi connectivity index (χ2n) is 4.89. The molecular weight excluding hydrogens is 312 g/mol. The summed E-state index contributed by atoms with van der Waals surface area (Å²) in [5.41, 5.74) is -0.774. The van der Waals surface area contributed by atoms with E-state index in [1.807, 2.05) is 6.92 Å². The lowest BCUT2D eigenvalue weighted by Gasteiger charge is -2.13. The molecule has 0 spiro atoms. The van der Waals surface area contributed by atoms with Crippen molar-refractivity contribution in [1.29, 1.82) is 0 Å². The lowest BCUT2D eigenvalue weighted by atomic mass is 10.0. The Bertz CT molecular complexity index is 655. The van der Waals surface area contributed by atoms with Gasteiger partial charge in [-0.3, -0.25) is 0 Å². The maximum atomic E-state index is 14.2. The zero-order valence-corrected chi connectivity index (χ0v) is 12.8. The average molecular weight is 328 g/mol. The van der Waals surface area contributed by atoms with E-state index in [4.69, 9.17) is 9.47 Å². The van der Waals surface area contributed by atoms with Crippen LogP contribution in [0.5, 0.6) is 11.5 Å². The van der Waals surface area contributed by atoms with Crippen LogP contribution in [0.25, 0.3) is 11.1 Å². The minimum absolute atomic E-state index is 0.00120. The minimum Gasteiger partial charge on any atom is -0.497 e. The Morgan fingerprint density at radius 3 is 1.91 bits per heavy atom. The maximum Gasteiger partial charge on any atom is 0.204 e. The van der Waals surface area contributed by atoms with Crippen LogP contribution in [-0.4, -0.2) is 13.7 Å².